The Morgan fingerprint density at radius 2 is 1.71 bits per heavy atom. The van der Waals surface area contributed by atoms with E-state index in [0.717, 1.165) is 12.8 Å². The van der Waals surface area contributed by atoms with Crippen molar-refractivity contribution in [2.45, 2.75) is 53.6 Å². The number of carbonyl (C=O) groups is 2. The summed E-state index contributed by atoms with van der Waals surface area (Å²) in [5.74, 6) is -1.26. The van der Waals surface area contributed by atoms with Gasteiger partial charge in [-0.1, -0.05) is 20.8 Å². The molecule has 1 saturated heterocycles. The fourth-order valence-corrected chi connectivity index (χ4v) is 2.71. The summed E-state index contributed by atoms with van der Waals surface area (Å²) in [6.07, 6.45) is 1.90. The molecule has 1 rings (SSSR count). The normalized spacial score (nSPS) is 18.4. The van der Waals surface area contributed by atoms with Crippen molar-refractivity contribution in [3.63, 3.8) is 0 Å². The molecule has 1 aliphatic heterocycles. The van der Waals surface area contributed by atoms with E-state index >= 15 is 0 Å². The van der Waals surface area contributed by atoms with Crippen molar-refractivity contribution in [2.24, 2.45) is 11.3 Å². The number of carbonyl (C=O) groups excluding carboxylic acids is 2. The lowest BCUT2D eigenvalue weighted by Crippen LogP contribution is -2.49. The van der Waals surface area contributed by atoms with Gasteiger partial charge >= 0.3 is 5.97 Å². The summed E-state index contributed by atoms with van der Waals surface area (Å²) in [4.78, 5) is 26.6. The average Bonchev–Trinajstić information content (AvgIpc) is 2.38. The Morgan fingerprint density at radius 3 is 2.14 bits per heavy atom. The lowest BCUT2D eigenvalue weighted by atomic mass is 9.79. The van der Waals surface area contributed by atoms with Crippen LogP contribution in [0.1, 0.15) is 47.5 Å². The Balaban J connectivity index is 2.72. The Labute approximate surface area is 128 Å². The van der Waals surface area contributed by atoms with Crippen LogP contribution in [0.15, 0.2) is 0 Å². The van der Waals surface area contributed by atoms with Crippen LogP contribution in [-0.2, 0) is 19.1 Å². The van der Waals surface area contributed by atoms with E-state index < -0.39 is 17.3 Å². The van der Waals surface area contributed by atoms with E-state index in [-0.39, 0.29) is 12.0 Å². The number of likely N-dealkylation sites (tertiary alicyclic amines) is 1. The van der Waals surface area contributed by atoms with E-state index in [0.29, 0.717) is 26.3 Å². The van der Waals surface area contributed by atoms with E-state index in [2.05, 4.69) is 0 Å². The molecule has 5 nitrogen and oxygen atoms in total. The van der Waals surface area contributed by atoms with Gasteiger partial charge in [0.25, 0.3) is 0 Å². The molecule has 1 atom stereocenters. The molecule has 0 N–H and O–H groups in total. The highest BCUT2D eigenvalue weighted by molar-refractivity contribution is 5.98. The summed E-state index contributed by atoms with van der Waals surface area (Å²) >= 11 is 0. The molecule has 0 spiro atoms. The maximum Gasteiger partial charge on any atom is 0.319 e. The summed E-state index contributed by atoms with van der Waals surface area (Å²) in [5, 5.41) is 0. The molecule has 5 heteroatoms. The fraction of sp³-hybridized carbons (Fsp3) is 0.875. The summed E-state index contributed by atoms with van der Waals surface area (Å²) in [6.45, 7) is 11.7. The van der Waals surface area contributed by atoms with E-state index in [4.69, 9.17) is 9.47 Å². The number of hydrogen-bond acceptors (Lipinski definition) is 4. The van der Waals surface area contributed by atoms with Gasteiger partial charge in [-0.25, -0.2) is 0 Å². The first-order valence-electron chi connectivity index (χ1n) is 7.88. The third kappa shape index (κ3) is 4.99. The third-order valence-corrected chi connectivity index (χ3v) is 3.79. The standard InChI is InChI=1S/C16H29NO4/c1-6-20-12-8-10-17(11-9-12)14(18)13(16(3,4)5)15(19)21-7-2/h12-13H,6-11H2,1-5H3. The second-order valence-corrected chi connectivity index (χ2v) is 6.53. The maximum absolute atomic E-state index is 12.7. The van der Waals surface area contributed by atoms with Crippen molar-refractivity contribution >= 4 is 11.9 Å². The summed E-state index contributed by atoms with van der Waals surface area (Å²) in [6, 6.07) is 0. The minimum Gasteiger partial charge on any atom is -0.465 e. The quantitative estimate of drug-likeness (QED) is 0.577. The molecule has 0 aromatic carbocycles. The molecule has 1 unspecified atom stereocenters. The van der Waals surface area contributed by atoms with Crippen LogP contribution in [0.2, 0.25) is 0 Å². The number of hydrogen-bond donors (Lipinski definition) is 0. The first-order valence-corrected chi connectivity index (χ1v) is 7.88. The molecule has 0 aromatic rings. The van der Waals surface area contributed by atoms with Crippen LogP contribution < -0.4 is 0 Å². The molecule has 0 aromatic heterocycles. The van der Waals surface area contributed by atoms with Gasteiger partial charge in [-0.15, -0.1) is 0 Å². The van der Waals surface area contributed by atoms with Gasteiger partial charge in [0.2, 0.25) is 5.91 Å². The largest absolute Gasteiger partial charge is 0.465 e. The van der Waals surface area contributed by atoms with Gasteiger partial charge in [0.15, 0.2) is 0 Å². The number of esters is 1. The van der Waals surface area contributed by atoms with Crippen molar-refractivity contribution in [1.29, 1.82) is 0 Å². The Bertz CT molecular complexity index is 354. The first-order chi connectivity index (χ1) is 9.81. The third-order valence-electron chi connectivity index (χ3n) is 3.79. The number of piperidine rings is 1. The summed E-state index contributed by atoms with van der Waals surface area (Å²) in [7, 11) is 0. The molecule has 122 valence electrons. The average molecular weight is 299 g/mol. The van der Waals surface area contributed by atoms with Gasteiger partial charge in [-0.05, 0) is 32.1 Å². The minimum atomic E-state index is -0.735. The van der Waals surface area contributed by atoms with Crippen LogP contribution in [0.25, 0.3) is 0 Å². The molecule has 0 aliphatic carbocycles. The summed E-state index contributed by atoms with van der Waals surface area (Å²) < 4.78 is 10.7. The Kier molecular flexibility index (Phi) is 6.65. The van der Waals surface area contributed by atoms with Crippen LogP contribution >= 0.6 is 0 Å². The van der Waals surface area contributed by atoms with E-state index in [1.165, 1.54) is 0 Å². The van der Waals surface area contributed by atoms with Crippen molar-refractivity contribution in [2.75, 3.05) is 26.3 Å². The lowest BCUT2D eigenvalue weighted by molar-refractivity contribution is -0.161. The van der Waals surface area contributed by atoms with Crippen LogP contribution in [0, 0.1) is 11.3 Å². The number of nitrogens with zero attached hydrogens (tertiary/aromatic N) is 1. The van der Waals surface area contributed by atoms with Crippen molar-refractivity contribution in [3.05, 3.63) is 0 Å². The number of ether oxygens (including phenoxy) is 2. The molecule has 1 aliphatic rings. The molecular formula is C16H29NO4. The van der Waals surface area contributed by atoms with E-state index in [1.807, 2.05) is 27.7 Å². The molecule has 1 fully saturated rings. The Hall–Kier alpha value is -1.10. The van der Waals surface area contributed by atoms with Gasteiger partial charge < -0.3 is 14.4 Å². The van der Waals surface area contributed by atoms with Gasteiger partial charge in [0.1, 0.15) is 5.92 Å². The second-order valence-electron chi connectivity index (χ2n) is 6.53. The number of rotatable bonds is 5. The lowest BCUT2D eigenvalue weighted by Gasteiger charge is -2.36. The van der Waals surface area contributed by atoms with Crippen molar-refractivity contribution < 1.29 is 19.1 Å². The molecule has 0 saturated carbocycles. The summed E-state index contributed by atoms with van der Waals surface area (Å²) in [5.41, 5.74) is -0.444. The minimum absolute atomic E-state index is 0.115. The topological polar surface area (TPSA) is 55.8 Å². The highest BCUT2D eigenvalue weighted by atomic mass is 16.5. The van der Waals surface area contributed by atoms with Gasteiger partial charge in [-0.2, -0.15) is 0 Å². The molecule has 1 amide bonds. The number of amides is 1. The zero-order valence-corrected chi connectivity index (χ0v) is 14.0. The molecule has 1 heterocycles. The first kappa shape index (κ1) is 18.0. The highest BCUT2D eigenvalue weighted by Gasteiger charge is 2.41. The predicted molar refractivity (Wildman–Crippen MR) is 80.8 cm³/mol. The van der Waals surface area contributed by atoms with Crippen LogP contribution in [0.5, 0.6) is 0 Å². The highest BCUT2D eigenvalue weighted by Crippen LogP contribution is 2.30. The van der Waals surface area contributed by atoms with E-state index in [9.17, 15) is 9.59 Å². The predicted octanol–water partition coefficient (Wildman–Crippen LogP) is 2.24. The molecule has 21 heavy (non-hydrogen) atoms. The smallest absolute Gasteiger partial charge is 0.319 e. The van der Waals surface area contributed by atoms with Gasteiger partial charge in [-0.3, -0.25) is 9.59 Å². The molecular weight excluding hydrogens is 270 g/mol. The maximum atomic E-state index is 12.7. The zero-order chi connectivity index (χ0) is 16.0. The van der Waals surface area contributed by atoms with Crippen LogP contribution in [-0.4, -0.2) is 49.2 Å². The molecule has 0 bridgehead atoms. The second kappa shape index (κ2) is 7.78. The van der Waals surface area contributed by atoms with Crippen molar-refractivity contribution in [1.82, 2.24) is 4.90 Å². The van der Waals surface area contributed by atoms with Crippen LogP contribution in [0.4, 0.5) is 0 Å². The SMILES string of the molecule is CCOC(=O)C(C(=O)N1CCC(OCC)CC1)C(C)(C)C. The van der Waals surface area contributed by atoms with Gasteiger partial charge in [0.05, 0.1) is 12.7 Å². The van der Waals surface area contributed by atoms with E-state index in [1.54, 1.807) is 11.8 Å². The molecule has 0 radical (unpaired) electrons. The van der Waals surface area contributed by atoms with Crippen molar-refractivity contribution in [3.8, 4) is 0 Å². The van der Waals surface area contributed by atoms with Gasteiger partial charge in [0, 0.05) is 19.7 Å². The zero-order valence-electron chi connectivity index (χ0n) is 14.0. The monoisotopic (exact) mass is 299 g/mol. The van der Waals surface area contributed by atoms with Crippen LogP contribution in [0.3, 0.4) is 0 Å². The fourth-order valence-electron chi connectivity index (χ4n) is 2.71. The Morgan fingerprint density at radius 1 is 1.14 bits per heavy atom.